The minimum Gasteiger partial charge on any atom is -0.741 e. The van der Waals surface area contributed by atoms with E-state index in [1.807, 2.05) is 0 Å². The van der Waals surface area contributed by atoms with E-state index in [4.69, 9.17) is 13.0 Å². The van der Waals surface area contributed by atoms with Crippen molar-refractivity contribution in [3.63, 3.8) is 0 Å². The fourth-order valence-corrected chi connectivity index (χ4v) is 3.28. The normalized spacial score (nSPS) is 17.6. The number of carbonyl (C=O) groups excluding carboxylic acids is 2. The number of halogens is 3. The molecule has 0 aromatic rings. The number of rotatable bonds is 2. The molecule has 0 atom stereocenters. The van der Waals surface area contributed by atoms with Gasteiger partial charge in [0.2, 0.25) is 0 Å². The number of ketones is 2. The molecule has 0 spiro atoms. The van der Waals surface area contributed by atoms with Crippen molar-refractivity contribution in [2.75, 3.05) is 17.3 Å². The maximum Gasteiger partial charge on any atom is 0.485 e. The van der Waals surface area contributed by atoms with Gasteiger partial charge in [0, 0.05) is 0 Å². The number of hydrogen-bond donors (Lipinski definition) is 0. The van der Waals surface area contributed by atoms with Crippen molar-refractivity contribution in [2.45, 2.75) is 25.3 Å². The van der Waals surface area contributed by atoms with E-state index in [0.29, 0.717) is 24.4 Å². The first kappa shape index (κ1) is 18.4. The molecule has 1 aliphatic heterocycles. The second-order valence-corrected chi connectivity index (χ2v) is 7.51. The van der Waals surface area contributed by atoms with Crippen molar-refractivity contribution in [3.8, 4) is 0 Å². The quantitative estimate of drug-likeness (QED) is 0.422. The molecule has 1 fully saturated rings. The summed E-state index contributed by atoms with van der Waals surface area (Å²) in [4.78, 5) is 21.5. The van der Waals surface area contributed by atoms with Gasteiger partial charge in [-0.05, 0) is 17.8 Å². The average Bonchev–Trinajstić information content (AvgIpc) is 2.18. The van der Waals surface area contributed by atoms with Crippen molar-refractivity contribution < 1.29 is 35.7 Å². The van der Waals surface area contributed by atoms with Crippen LogP contribution in [0.1, 0.15) is 19.8 Å². The van der Waals surface area contributed by atoms with E-state index in [-0.39, 0.29) is 16.7 Å². The first-order valence-corrected chi connectivity index (χ1v) is 8.25. The molecular formula is C9H13F3O5S2. The van der Waals surface area contributed by atoms with E-state index in [2.05, 4.69) is 0 Å². The fourth-order valence-electron chi connectivity index (χ4n) is 1.18. The van der Waals surface area contributed by atoms with Crippen LogP contribution in [0, 0.1) is 0 Å². The van der Waals surface area contributed by atoms with Crippen molar-refractivity contribution >= 4 is 32.6 Å². The molecule has 0 bridgehead atoms. The van der Waals surface area contributed by atoms with Crippen LogP contribution in [0.4, 0.5) is 13.2 Å². The molecule has 1 rings (SSSR count). The zero-order valence-electron chi connectivity index (χ0n) is 10.0. The van der Waals surface area contributed by atoms with Gasteiger partial charge in [-0.3, -0.25) is 9.59 Å². The summed E-state index contributed by atoms with van der Waals surface area (Å²) < 4.78 is 58.9. The molecule has 0 radical (unpaired) electrons. The largest absolute Gasteiger partial charge is 0.741 e. The third-order valence-corrected chi connectivity index (χ3v) is 4.97. The molecule has 10 heteroatoms. The Morgan fingerprint density at radius 2 is 1.68 bits per heavy atom. The van der Waals surface area contributed by atoms with Gasteiger partial charge in [0.05, 0.1) is 12.8 Å². The zero-order valence-corrected chi connectivity index (χ0v) is 11.7. The Bertz CT molecular complexity index is 420. The van der Waals surface area contributed by atoms with Crippen LogP contribution in [0.3, 0.4) is 0 Å². The SMILES string of the molecule is CC(=O)C[S+]1CCC(=O)CC1.O=S(=O)([O-])C(F)(F)F. The summed E-state index contributed by atoms with van der Waals surface area (Å²) in [6, 6.07) is 0. The lowest BCUT2D eigenvalue weighted by atomic mass is 10.2. The summed E-state index contributed by atoms with van der Waals surface area (Å²) in [7, 11) is -5.86. The van der Waals surface area contributed by atoms with E-state index in [0.717, 1.165) is 11.5 Å². The molecular weight excluding hydrogens is 309 g/mol. The molecule has 19 heavy (non-hydrogen) atoms. The Morgan fingerprint density at radius 1 is 1.32 bits per heavy atom. The summed E-state index contributed by atoms with van der Waals surface area (Å²) in [5.74, 6) is 3.25. The molecule has 1 heterocycles. The minimum atomic E-state index is -6.09. The summed E-state index contributed by atoms with van der Waals surface area (Å²) >= 11 is 0. The Labute approximate surface area is 111 Å². The minimum absolute atomic E-state index is 0.234. The Balaban J connectivity index is 0.000000362. The van der Waals surface area contributed by atoms with Gasteiger partial charge in [0.15, 0.2) is 21.7 Å². The van der Waals surface area contributed by atoms with Gasteiger partial charge in [0.1, 0.15) is 17.3 Å². The van der Waals surface area contributed by atoms with Crippen LogP contribution in [0.5, 0.6) is 0 Å². The molecule has 0 unspecified atom stereocenters. The first-order chi connectivity index (χ1) is 8.43. The second kappa shape index (κ2) is 7.25. The highest BCUT2D eigenvalue weighted by atomic mass is 32.2. The zero-order chi connectivity index (χ0) is 15.3. The monoisotopic (exact) mass is 322 g/mol. The number of hydrogen-bond acceptors (Lipinski definition) is 5. The van der Waals surface area contributed by atoms with E-state index >= 15 is 0 Å². The van der Waals surface area contributed by atoms with Gasteiger partial charge in [-0.1, -0.05) is 0 Å². The van der Waals surface area contributed by atoms with Crippen molar-refractivity contribution in [1.82, 2.24) is 0 Å². The summed E-state index contributed by atoms with van der Waals surface area (Å²) in [5.41, 5.74) is -5.65. The molecule has 1 saturated heterocycles. The second-order valence-electron chi connectivity index (χ2n) is 3.81. The molecule has 5 nitrogen and oxygen atoms in total. The topological polar surface area (TPSA) is 91.3 Å². The molecule has 0 aromatic heterocycles. The third kappa shape index (κ3) is 8.22. The first-order valence-electron chi connectivity index (χ1n) is 5.11. The molecule has 0 aliphatic carbocycles. The summed E-state index contributed by atoms with van der Waals surface area (Å²) in [6.45, 7) is 1.63. The van der Waals surface area contributed by atoms with Gasteiger partial charge < -0.3 is 4.55 Å². The van der Waals surface area contributed by atoms with Crippen LogP contribution in [0.15, 0.2) is 0 Å². The van der Waals surface area contributed by atoms with Gasteiger partial charge >= 0.3 is 5.51 Å². The predicted molar refractivity (Wildman–Crippen MR) is 62.6 cm³/mol. The van der Waals surface area contributed by atoms with E-state index < -0.39 is 15.6 Å². The lowest BCUT2D eigenvalue weighted by Crippen LogP contribution is -2.28. The highest BCUT2D eigenvalue weighted by molar-refractivity contribution is 7.97. The lowest BCUT2D eigenvalue weighted by molar-refractivity contribution is -0.118. The Kier molecular flexibility index (Phi) is 7.01. The number of carbonyl (C=O) groups is 2. The molecule has 0 aromatic carbocycles. The molecule has 0 saturated carbocycles. The fraction of sp³-hybridized carbons (Fsp3) is 0.778. The standard InChI is InChI=1S/C8H13O2S.CHF3O3S/c1-7(9)6-11-4-2-8(10)3-5-11;2-1(3,4)8(5,6)7/h2-6H2,1H3;(H,5,6,7)/q+1;/p-1. The van der Waals surface area contributed by atoms with Gasteiger partial charge in [-0.2, -0.15) is 13.2 Å². The summed E-state index contributed by atoms with van der Waals surface area (Å²) in [5, 5.41) is 0. The van der Waals surface area contributed by atoms with Crippen LogP contribution in [0.2, 0.25) is 0 Å². The van der Waals surface area contributed by atoms with Crippen LogP contribution in [-0.2, 0) is 30.6 Å². The molecule has 112 valence electrons. The lowest BCUT2D eigenvalue weighted by Gasteiger charge is -2.11. The van der Waals surface area contributed by atoms with Gasteiger partial charge in [-0.15, -0.1) is 0 Å². The van der Waals surface area contributed by atoms with Crippen molar-refractivity contribution in [2.24, 2.45) is 0 Å². The van der Waals surface area contributed by atoms with Gasteiger partial charge in [-0.25, -0.2) is 8.42 Å². The van der Waals surface area contributed by atoms with Crippen LogP contribution < -0.4 is 0 Å². The summed E-state index contributed by atoms with van der Waals surface area (Å²) in [6.07, 6.45) is 1.41. The molecule has 0 amide bonds. The highest BCUT2D eigenvalue weighted by Gasteiger charge is 2.36. The number of alkyl halides is 3. The smallest absolute Gasteiger partial charge is 0.485 e. The van der Waals surface area contributed by atoms with E-state index in [1.54, 1.807) is 6.92 Å². The Hall–Kier alpha value is -0.610. The number of Topliss-reactive ketones (excluding diaryl/α,β-unsaturated/α-hetero) is 2. The Morgan fingerprint density at radius 3 is 1.95 bits per heavy atom. The highest BCUT2D eigenvalue weighted by Crippen LogP contribution is 2.20. The van der Waals surface area contributed by atoms with Gasteiger partial charge in [0.25, 0.3) is 0 Å². The van der Waals surface area contributed by atoms with Crippen LogP contribution in [0.25, 0.3) is 0 Å². The van der Waals surface area contributed by atoms with E-state index in [1.165, 1.54) is 0 Å². The van der Waals surface area contributed by atoms with Crippen molar-refractivity contribution in [3.05, 3.63) is 0 Å². The van der Waals surface area contributed by atoms with E-state index in [9.17, 15) is 22.8 Å². The molecule has 1 aliphatic rings. The van der Waals surface area contributed by atoms with Crippen molar-refractivity contribution in [1.29, 1.82) is 0 Å². The third-order valence-electron chi connectivity index (χ3n) is 2.03. The maximum atomic E-state index is 10.8. The maximum absolute atomic E-state index is 10.8. The van der Waals surface area contributed by atoms with Crippen LogP contribution >= 0.6 is 0 Å². The predicted octanol–water partition coefficient (Wildman–Crippen LogP) is 0.608. The average molecular weight is 322 g/mol. The molecule has 0 N–H and O–H groups in total. The van der Waals surface area contributed by atoms with Crippen LogP contribution in [-0.4, -0.2) is 47.3 Å².